The van der Waals surface area contributed by atoms with E-state index in [1.165, 1.54) is 0 Å². The molecule has 0 fully saturated rings. The number of rotatable bonds is 2. The summed E-state index contributed by atoms with van der Waals surface area (Å²) in [7, 11) is 0. The minimum absolute atomic E-state index is 0.493. The summed E-state index contributed by atoms with van der Waals surface area (Å²) in [5, 5.41) is 0.493. The Morgan fingerprint density at radius 3 is 2.20 bits per heavy atom. The molecule has 0 aromatic heterocycles. The van der Waals surface area contributed by atoms with Crippen LogP contribution in [0.3, 0.4) is 0 Å². The molecular formula is C8H12ClN. The number of aliphatic imine (C=N–C) groups is 1. The zero-order chi connectivity index (χ0) is 8.15. The lowest BCUT2D eigenvalue weighted by atomic mass is 10.3. The minimum atomic E-state index is 0.493. The number of halogens is 1. The predicted molar refractivity (Wildman–Crippen MR) is 47.5 cm³/mol. The van der Waals surface area contributed by atoms with E-state index in [9.17, 15) is 0 Å². The Bertz CT molecular complexity index is 185. The average molecular weight is 158 g/mol. The maximum Gasteiger partial charge on any atom is 0.129 e. The second-order valence-corrected chi connectivity index (χ2v) is 2.78. The van der Waals surface area contributed by atoms with Gasteiger partial charge in [0.15, 0.2) is 0 Å². The van der Waals surface area contributed by atoms with Gasteiger partial charge in [-0.25, -0.2) is 4.99 Å². The van der Waals surface area contributed by atoms with Gasteiger partial charge in [-0.2, -0.15) is 0 Å². The summed E-state index contributed by atoms with van der Waals surface area (Å²) < 4.78 is 0. The zero-order valence-electron chi connectivity index (χ0n) is 6.61. The zero-order valence-corrected chi connectivity index (χ0v) is 7.37. The molecule has 0 saturated carbocycles. The topological polar surface area (TPSA) is 12.4 Å². The Morgan fingerprint density at radius 1 is 1.40 bits per heavy atom. The molecule has 56 valence electrons. The van der Waals surface area contributed by atoms with Crippen molar-refractivity contribution in [2.45, 2.75) is 20.8 Å². The minimum Gasteiger partial charge on any atom is -0.242 e. The molecule has 10 heavy (non-hydrogen) atoms. The second-order valence-electron chi connectivity index (χ2n) is 2.39. The molecule has 0 saturated heterocycles. The monoisotopic (exact) mass is 157 g/mol. The van der Waals surface area contributed by atoms with Crippen molar-refractivity contribution in [3.8, 4) is 0 Å². The van der Waals surface area contributed by atoms with Gasteiger partial charge in [-0.3, -0.25) is 0 Å². The van der Waals surface area contributed by atoms with Gasteiger partial charge in [0, 0.05) is 5.70 Å². The van der Waals surface area contributed by atoms with Crippen LogP contribution in [-0.4, -0.2) is 5.17 Å². The van der Waals surface area contributed by atoms with Crippen molar-refractivity contribution in [3.05, 3.63) is 23.9 Å². The van der Waals surface area contributed by atoms with Crippen LogP contribution in [0.4, 0.5) is 0 Å². The molecule has 0 rings (SSSR count). The van der Waals surface area contributed by atoms with Crippen LogP contribution in [-0.2, 0) is 0 Å². The third kappa shape index (κ3) is 5.57. The van der Waals surface area contributed by atoms with E-state index in [0.29, 0.717) is 5.17 Å². The lowest BCUT2D eigenvalue weighted by molar-refractivity contribution is 1.33. The Labute approximate surface area is 67.1 Å². The highest BCUT2D eigenvalue weighted by atomic mass is 35.5. The average Bonchev–Trinajstić information content (AvgIpc) is 1.58. The van der Waals surface area contributed by atoms with Crippen LogP contribution in [0, 0.1) is 0 Å². The molecule has 0 unspecified atom stereocenters. The second kappa shape index (κ2) is 4.29. The van der Waals surface area contributed by atoms with Gasteiger partial charge < -0.3 is 0 Å². The summed E-state index contributed by atoms with van der Waals surface area (Å²) in [5.74, 6) is 0. The molecule has 0 aliphatic rings. The van der Waals surface area contributed by atoms with Crippen LogP contribution < -0.4 is 0 Å². The van der Waals surface area contributed by atoms with Crippen molar-refractivity contribution in [1.29, 1.82) is 0 Å². The molecule has 2 heteroatoms. The van der Waals surface area contributed by atoms with Gasteiger partial charge in [0.2, 0.25) is 0 Å². The molecule has 0 aliphatic carbocycles. The van der Waals surface area contributed by atoms with E-state index in [0.717, 1.165) is 11.3 Å². The first-order valence-corrected chi connectivity index (χ1v) is 3.45. The van der Waals surface area contributed by atoms with Gasteiger partial charge in [-0.05, 0) is 26.8 Å². The van der Waals surface area contributed by atoms with Crippen molar-refractivity contribution >= 4 is 16.8 Å². The van der Waals surface area contributed by atoms with Gasteiger partial charge in [0.05, 0.1) is 0 Å². The van der Waals surface area contributed by atoms with Crippen LogP contribution in [0.5, 0.6) is 0 Å². The number of hydrogen-bond acceptors (Lipinski definition) is 1. The van der Waals surface area contributed by atoms with Crippen molar-refractivity contribution in [1.82, 2.24) is 0 Å². The molecule has 0 bridgehead atoms. The Balaban J connectivity index is 4.22. The molecule has 0 heterocycles. The molecule has 0 N–H and O–H groups in total. The Kier molecular flexibility index (Phi) is 4.05. The maximum atomic E-state index is 5.68. The van der Waals surface area contributed by atoms with Gasteiger partial charge in [0.25, 0.3) is 0 Å². The van der Waals surface area contributed by atoms with E-state index >= 15 is 0 Å². The van der Waals surface area contributed by atoms with Crippen LogP contribution in [0.25, 0.3) is 0 Å². The number of hydrogen-bond donors (Lipinski definition) is 0. The summed E-state index contributed by atoms with van der Waals surface area (Å²) >= 11 is 5.68. The molecule has 0 amide bonds. The summed E-state index contributed by atoms with van der Waals surface area (Å²) in [6.07, 6.45) is 1.80. The fourth-order valence-corrected chi connectivity index (χ4v) is 0.815. The highest BCUT2D eigenvalue weighted by Gasteiger charge is 1.86. The molecule has 0 aromatic rings. The lowest BCUT2D eigenvalue weighted by Gasteiger charge is -1.90. The normalized spacial score (nSPS) is 11.0. The van der Waals surface area contributed by atoms with Crippen molar-refractivity contribution in [3.63, 3.8) is 0 Å². The number of allylic oxidation sites excluding steroid dienone is 3. The maximum absolute atomic E-state index is 5.68. The molecule has 0 aliphatic heterocycles. The van der Waals surface area contributed by atoms with Crippen molar-refractivity contribution < 1.29 is 0 Å². The third-order valence-electron chi connectivity index (χ3n) is 0.705. The first-order valence-electron chi connectivity index (χ1n) is 3.07. The van der Waals surface area contributed by atoms with E-state index in [4.69, 9.17) is 11.6 Å². The molecule has 1 nitrogen and oxygen atoms in total. The molecule has 0 aromatic carbocycles. The highest BCUT2D eigenvalue weighted by Crippen LogP contribution is 1.99. The van der Waals surface area contributed by atoms with Crippen molar-refractivity contribution in [2.24, 2.45) is 4.99 Å². The van der Waals surface area contributed by atoms with Gasteiger partial charge in [-0.1, -0.05) is 23.8 Å². The van der Waals surface area contributed by atoms with E-state index in [1.54, 1.807) is 13.0 Å². The smallest absolute Gasteiger partial charge is 0.129 e. The largest absolute Gasteiger partial charge is 0.242 e. The summed E-state index contributed by atoms with van der Waals surface area (Å²) in [5.41, 5.74) is 1.86. The predicted octanol–water partition coefficient (Wildman–Crippen LogP) is 3.12. The highest BCUT2D eigenvalue weighted by molar-refractivity contribution is 6.68. The van der Waals surface area contributed by atoms with E-state index < -0.39 is 0 Å². The Morgan fingerprint density at radius 2 is 1.90 bits per heavy atom. The fraction of sp³-hybridized carbons (Fsp3) is 0.375. The number of nitrogens with zero attached hydrogens (tertiary/aromatic N) is 1. The first kappa shape index (κ1) is 9.44. The van der Waals surface area contributed by atoms with Gasteiger partial charge in [-0.15, -0.1) is 0 Å². The van der Waals surface area contributed by atoms with Crippen LogP contribution >= 0.6 is 11.6 Å². The van der Waals surface area contributed by atoms with Crippen LogP contribution in [0.15, 0.2) is 28.9 Å². The van der Waals surface area contributed by atoms with E-state index in [1.807, 2.05) is 13.8 Å². The van der Waals surface area contributed by atoms with E-state index in [2.05, 4.69) is 11.6 Å². The molecular weight excluding hydrogens is 146 g/mol. The van der Waals surface area contributed by atoms with Crippen molar-refractivity contribution in [2.75, 3.05) is 0 Å². The molecule has 0 radical (unpaired) electrons. The van der Waals surface area contributed by atoms with E-state index in [-0.39, 0.29) is 0 Å². The SMILES string of the molecule is C=C(C)N=C(Cl)C=C(C)C. The van der Waals surface area contributed by atoms with Gasteiger partial charge in [0.1, 0.15) is 5.17 Å². The lowest BCUT2D eigenvalue weighted by Crippen LogP contribution is -1.81. The fourth-order valence-electron chi connectivity index (χ4n) is 0.453. The quantitative estimate of drug-likeness (QED) is 0.547. The standard InChI is InChI=1S/C8H12ClN/c1-6(2)5-8(9)10-7(3)4/h5H,3H2,1-2,4H3. The third-order valence-corrected chi connectivity index (χ3v) is 0.899. The van der Waals surface area contributed by atoms with Crippen LogP contribution in [0.1, 0.15) is 20.8 Å². The summed E-state index contributed by atoms with van der Waals surface area (Å²) in [6, 6.07) is 0. The molecule has 0 atom stereocenters. The summed E-state index contributed by atoms with van der Waals surface area (Å²) in [4.78, 5) is 3.93. The Hall–Kier alpha value is -0.560. The summed E-state index contributed by atoms with van der Waals surface area (Å²) in [6.45, 7) is 9.35. The molecule has 0 spiro atoms. The van der Waals surface area contributed by atoms with Crippen LogP contribution in [0.2, 0.25) is 0 Å². The van der Waals surface area contributed by atoms with Gasteiger partial charge >= 0.3 is 0 Å². The first-order chi connectivity index (χ1) is 4.52.